The molecule has 0 amide bonds. The largest absolute Gasteiger partial charge is 0.310 e. The molecule has 0 unspecified atom stereocenters. The fraction of sp³-hybridized carbons (Fsp3) is 0. The first-order chi connectivity index (χ1) is 23.7. The molecule has 0 saturated carbocycles. The summed E-state index contributed by atoms with van der Waals surface area (Å²) in [7, 11) is 0. The average molecular weight is 617 g/mol. The van der Waals surface area contributed by atoms with Crippen molar-refractivity contribution in [1.82, 2.24) is 0 Å². The SMILES string of the molecule is C=Cc1cccc(N(c2ccccc2)c2cccc(-c3cccc(-c4cccc(N(c5ccccc5)c5cccc(C=C)c5)c4)c3)c2)c1. The van der Waals surface area contributed by atoms with Gasteiger partial charge in [0.1, 0.15) is 0 Å². The van der Waals surface area contributed by atoms with Crippen molar-refractivity contribution in [3.8, 4) is 22.3 Å². The number of rotatable bonds is 10. The Morgan fingerprint density at radius 3 is 1.00 bits per heavy atom. The van der Waals surface area contributed by atoms with Crippen LogP contribution < -0.4 is 9.80 Å². The molecule has 2 nitrogen and oxygen atoms in total. The third-order valence-corrected chi connectivity index (χ3v) is 8.49. The lowest BCUT2D eigenvalue weighted by Crippen LogP contribution is -2.10. The van der Waals surface area contributed by atoms with Crippen molar-refractivity contribution < 1.29 is 0 Å². The van der Waals surface area contributed by atoms with Gasteiger partial charge < -0.3 is 9.80 Å². The molecule has 48 heavy (non-hydrogen) atoms. The van der Waals surface area contributed by atoms with Gasteiger partial charge in [-0.3, -0.25) is 0 Å². The van der Waals surface area contributed by atoms with E-state index >= 15 is 0 Å². The molecule has 0 N–H and O–H groups in total. The molecule has 0 spiro atoms. The van der Waals surface area contributed by atoms with Crippen LogP contribution in [0.3, 0.4) is 0 Å². The molecule has 7 aromatic carbocycles. The van der Waals surface area contributed by atoms with E-state index in [1.54, 1.807) is 0 Å². The van der Waals surface area contributed by atoms with Gasteiger partial charge in [0.05, 0.1) is 0 Å². The van der Waals surface area contributed by atoms with Gasteiger partial charge >= 0.3 is 0 Å². The summed E-state index contributed by atoms with van der Waals surface area (Å²) in [6.07, 6.45) is 3.78. The van der Waals surface area contributed by atoms with Crippen LogP contribution in [-0.4, -0.2) is 0 Å². The van der Waals surface area contributed by atoms with E-state index < -0.39 is 0 Å². The number of hydrogen-bond acceptors (Lipinski definition) is 2. The van der Waals surface area contributed by atoms with Gasteiger partial charge in [-0.25, -0.2) is 0 Å². The molecule has 0 aliphatic rings. The lowest BCUT2D eigenvalue weighted by atomic mass is 9.98. The summed E-state index contributed by atoms with van der Waals surface area (Å²) in [6.45, 7) is 7.98. The van der Waals surface area contributed by atoms with Crippen LogP contribution in [0, 0.1) is 0 Å². The molecular formula is C46H36N2. The molecule has 0 aliphatic heterocycles. The number of anilines is 6. The van der Waals surface area contributed by atoms with Crippen LogP contribution in [0.25, 0.3) is 34.4 Å². The van der Waals surface area contributed by atoms with Crippen LogP contribution >= 0.6 is 0 Å². The third kappa shape index (κ3) is 6.46. The molecule has 7 rings (SSSR count). The number of nitrogens with zero attached hydrogens (tertiary/aromatic N) is 2. The Bertz CT molecular complexity index is 2030. The summed E-state index contributed by atoms with van der Waals surface area (Å²) >= 11 is 0. The predicted octanol–water partition coefficient (Wildman–Crippen LogP) is 13.2. The molecule has 0 fully saturated rings. The molecule has 0 atom stereocenters. The van der Waals surface area contributed by atoms with Gasteiger partial charge in [0, 0.05) is 34.1 Å². The molecule has 0 heterocycles. The average Bonchev–Trinajstić information content (AvgIpc) is 3.16. The van der Waals surface area contributed by atoms with Crippen molar-refractivity contribution in [2.45, 2.75) is 0 Å². The van der Waals surface area contributed by atoms with E-state index in [9.17, 15) is 0 Å². The van der Waals surface area contributed by atoms with E-state index in [1.165, 1.54) is 0 Å². The fourth-order valence-electron chi connectivity index (χ4n) is 6.16. The summed E-state index contributed by atoms with van der Waals surface area (Å²) in [5, 5.41) is 0. The maximum absolute atomic E-state index is 3.99. The Balaban J connectivity index is 1.27. The monoisotopic (exact) mass is 616 g/mol. The fourth-order valence-corrected chi connectivity index (χ4v) is 6.16. The Morgan fingerprint density at radius 1 is 0.292 bits per heavy atom. The first kappa shape index (κ1) is 30.3. The van der Waals surface area contributed by atoms with E-state index in [4.69, 9.17) is 0 Å². The highest BCUT2D eigenvalue weighted by molar-refractivity contribution is 5.84. The molecule has 0 saturated heterocycles. The Kier molecular flexibility index (Phi) is 8.80. The van der Waals surface area contributed by atoms with Crippen LogP contribution in [0.2, 0.25) is 0 Å². The number of para-hydroxylation sites is 2. The molecule has 0 aliphatic carbocycles. The van der Waals surface area contributed by atoms with Gasteiger partial charge in [0.2, 0.25) is 0 Å². The quantitative estimate of drug-likeness (QED) is 0.151. The molecule has 0 bridgehead atoms. The minimum atomic E-state index is 1.08. The van der Waals surface area contributed by atoms with Crippen LogP contribution in [0.1, 0.15) is 11.1 Å². The number of benzene rings is 7. The lowest BCUT2D eigenvalue weighted by molar-refractivity contribution is 1.28. The Hall–Kier alpha value is -6.38. The molecule has 7 aromatic rings. The van der Waals surface area contributed by atoms with Crippen LogP contribution in [0.5, 0.6) is 0 Å². The molecule has 2 heteroatoms. The van der Waals surface area contributed by atoms with E-state index in [2.05, 4.69) is 205 Å². The zero-order valence-corrected chi connectivity index (χ0v) is 26.8. The minimum absolute atomic E-state index is 1.08. The first-order valence-electron chi connectivity index (χ1n) is 16.2. The van der Waals surface area contributed by atoms with Crippen molar-refractivity contribution in [2.24, 2.45) is 0 Å². The van der Waals surface area contributed by atoms with E-state index in [0.29, 0.717) is 0 Å². The van der Waals surface area contributed by atoms with Crippen LogP contribution in [0.15, 0.2) is 195 Å². The summed E-state index contributed by atoms with van der Waals surface area (Å²) < 4.78 is 0. The van der Waals surface area contributed by atoms with Crippen molar-refractivity contribution >= 4 is 46.3 Å². The Labute approximate surface area is 283 Å². The normalized spacial score (nSPS) is 10.7. The zero-order valence-electron chi connectivity index (χ0n) is 26.8. The topological polar surface area (TPSA) is 6.48 Å². The van der Waals surface area contributed by atoms with Crippen LogP contribution in [-0.2, 0) is 0 Å². The van der Waals surface area contributed by atoms with E-state index in [-0.39, 0.29) is 0 Å². The zero-order chi connectivity index (χ0) is 32.7. The van der Waals surface area contributed by atoms with Gasteiger partial charge in [-0.2, -0.15) is 0 Å². The first-order valence-corrected chi connectivity index (χ1v) is 16.2. The summed E-state index contributed by atoms with van der Waals surface area (Å²) in [5.41, 5.74) is 13.3. The molecule has 0 radical (unpaired) electrons. The van der Waals surface area contributed by atoms with Gasteiger partial charge in [-0.05, 0) is 112 Å². The summed E-state index contributed by atoms with van der Waals surface area (Å²) in [4.78, 5) is 4.59. The molecular weight excluding hydrogens is 581 g/mol. The lowest BCUT2D eigenvalue weighted by Gasteiger charge is -2.26. The van der Waals surface area contributed by atoms with Gasteiger partial charge in [0.25, 0.3) is 0 Å². The standard InChI is InChI=1S/C46H36N2/c1-3-35-16-11-26-43(30-35)47(41-22-7-5-8-23-41)45-28-14-20-39(33-45)37-18-13-19-38(32-37)40-21-15-29-46(34-40)48(42-24-9-6-10-25-42)44-27-12-17-36(4-2)31-44/h3-34H,1-2H2. The third-order valence-electron chi connectivity index (χ3n) is 8.49. The predicted molar refractivity (Wildman–Crippen MR) is 207 cm³/mol. The van der Waals surface area contributed by atoms with Gasteiger partial charge in [-0.15, -0.1) is 0 Å². The smallest absolute Gasteiger partial charge is 0.0467 e. The highest BCUT2D eigenvalue weighted by Crippen LogP contribution is 2.39. The maximum Gasteiger partial charge on any atom is 0.0467 e. The second-order valence-electron chi connectivity index (χ2n) is 11.6. The van der Waals surface area contributed by atoms with Crippen molar-refractivity contribution in [3.63, 3.8) is 0 Å². The second kappa shape index (κ2) is 13.9. The molecule has 0 aromatic heterocycles. The summed E-state index contributed by atoms with van der Waals surface area (Å²) in [6, 6.07) is 64.3. The van der Waals surface area contributed by atoms with Gasteiger partial charge in [0.15, 0.2) is 0 Å². The summed E-state index contributed by atoms with van der Waals surface area (Å²) in [5.74, 6) is 0. The van der Waals surface area contributed by atoms with Crippen molar-refractivity contribution in [3.05, 3.63) is 206 Å². The highest BCUT2D eigenvalue weighted by Gasteiger charge is 2.15. The maximum atomic E-state index is 3.99. The molecule has 230 valence electrons. The van der Waals surface area contributed by atoms with Gasteiger partial charge in [-0.1, -0.05) is 128 Å². The second-order valence-corrected chi connectivity index (χ2v) is 11.6. The highest BCUT2D eigenvalue weighted by atomic mass is 15.1. The van der Waals surface area contributed by atoms with E-state index in [0.717, 1.165) is 67.5 Å². The van der Waals surface area contributed by atoms with Crippen molar-refractivity contribution in [1.29, 1.82) is 0 Å². The van der Waals surface area contributed by atoms with Crippen LogP contribution in [0.4, 0.5) is 34.1 Å². The van der Waals surface area contributed by atoms with Crippen molar-refractivity contribution in [2.75, 3.05) is 9.80 Å². The minimum Gasteiger partial charge on any atom is -0.310 e. The Morgan fingerprint density at radius 2 is 0.604 bits per heavy atom. The number of hydrogen-bond donors (Lipinski definition) is 0. The van der Waals surface area contributed by atoms with E-state index in [1.807, 2.05) is 12.2 Å².